The van der Waals surface area contributed by atoms with Gasteiger partial charge >= 0.3 is 0 Å². The lowest BCUT2D eigenvalue weighted by Crippen LogP contribution is -2.63. The molecule has 2 saturated heterocycles. The first-order valence-electron chi connectivity index (χ1n) is 10.6. The summed E-state index contributed by atoms with van der Waals surface area (Å²) in [5.74, 6) is -0.682. The molecule has 2 saturated carbocycles. The predicted octanol–water partition coefficient (Wildman–Crippen LogP) is 1.35. The number of carbonyl (C=O) groups is 3. The van der Waals surface area contributed by atoms with Gasteiger partial charge in [-0.3, -0.25) is 19.3 Å². The molecule has 4 fully saturated rings. The van der Waals surface area contributed by atoms with E-state index in [1.54, 1.807) is 0 Å². The molecule has 5 aliphatic rings. The molecule has 0 spiro atoms. The van der Waals surface area contributed by atoms with Gasteiger partial charge in [0.15, 0.2) is 0 Å². The molecule has 29 heavy (non-hydrogen) atoms. The highest BCUT2D eigenvalue weighted by Crippen LogP contribution is 2.64. The van der Waals surface area contributed by atoms with Gasteiger partial charge in [0.25, 0.3) is 0 Å². The second-order valence-electron chi connectivity index (χ2n) is 10.1. The number of imide groups is 1. The number of ketones is 1. The fraction of sp³-hybridized carbons (Fsp3) is 0.762. The number of rotatable bonds is 4. The molecular weight excluding hydrogens is 392 g/mol. The zero-order chi connectivity index (χ0) is 20.8. The van der Waals surface area contributed by atoms with E-state index in [1.165, 1.54) is 9.21 Å². The smallest absolute Gasteiger partial charge is 0.233 e. The van der Waals surface area contributed by atoms with Gasteiger partial charge in [-0.05, 0) is 37.0 Å². The van der Waals surface area contributed by atoms with Crippen molar-refractivity contribution in [2.75, 3.05) is 18.8 Å². The third kappa shape index (κ3) is 2.45. The van der Waals surface area contributed by atoms with Gasteiger partial charge in [-0.2, -0.15) is 4.31 Å². The van der Waals surface area contributed by atoms with Gasteiger partial charge in [0, 0.05) is 24.9 Å². The summed E-state index contributed by atoms with van der Waals surface area (Å²) >= 11 is 0. The summed E-state index contributed by atoms with van der Waals surface area (Å²) in [4.78, 5) is 39.4. The number of sulfonamides is 1. The van der Waals surface area contributed by atoms with Gasteiger partial charge in [0.1, 0.15) is 5.78 Å². The summed E-state index contributed by atoms with van der Waals surface area (Å²) in [6.45, 7) is 4.37. The Bertz CT molecular complexity index is 907. The Morgan fingerprint density at radius 1 is 1.03 bits per heavy atom. The van der Waals surface area contributed by atoms with Crippen LogP contribution in [-0.4, -0.2) is 60.1 Å². The Morgan fingerprint density at radius 3 is 2.10 bits per heavy atom. The molecule has 2 amide bonds. The van der Waals surface area contributed by atoms with Crippen LogP contribution in [-0.2, 0) is 24.4 Å². The van der Waals surface area contributed by atoms with E-state index in [0.717, 1.165) is 6.42 Å². The average molecular weight is 421 g/mol. The number of Topliss-reactive ketones (excluding diaryl/α,β-unsaturated/α-hetero) is 1. The number of fused-ring (bicyclic) bond motifs is 3. The Balaban J connectivity index is 1.29. The van der Waals surface area contributed by atoms with E-state index in [2.05, 4.69) is 0 Å². The van der Waals surface area contributed by atoms with Crippen molar-refractivity contribution in [3.8, 4) is 0 Å². The summed E-state index contributed by atoms with van der Waals surface area (Å²) in [5, 5.41) is 0. The van der Waals surface area contributed by atoms with Crippen LogP contribution < -0.4 is 0 Å². The fourth-order valence-corrected chi connectivity index (χ4v) is 8.78. The van der Waals surface area contributed by atoms with Crippen LogP contribution in [0.15, 0.2) is 12.2 Å². The van der Waals surface area contributed by atoms with E-state index < -0.39 is 15.4 Å². The second-order valence-corrected chi connectivity index (χ2v) is 12.1. The largest absolute Gasteiger partial charge is 0.299 e. The van der Waals surface area contributed by atoms with Crippen molar-refractivity contribution >= 4 is 27.6 Å². The summed E-state index contributed by atoms with van der Waals surface area (Å²) in [6, 6.07) is -0.378. The predicted molar refractivity (Wildman–Crippen MR) is 105 cm³/mol. The number of nitrogens with zero attached hydrogens (tertiary/aromatic N) is 2. The molecular formula is C21H28N2O5S. The lowest BCUT2D eigenvalue weighted by atomic mass is 9.70. The molecule has 7 nitrogen and oxygen atoms in total. The number of amides is 2. The van der Waals surface area contributed by atoms with Crippen LogP contribution in [0.2, 0.25) is 0 Å². The van der Waals surface area contributed by atoms with Crippen LogP contribution in [0.1, 0.15) is 46.0 Å². The first kappa shape index (κ1) is 19.4. The Morgan fingerprint density at radius 2 is 1.62 bits per heavy atom. The highest BCUT2D eigenvalue weighted by Gasteiger charge is 2.66. The maximum atomic E-state index is 13.1. The SMILES string of the molecule is CC1(C)[C@H]2CC[C@@]1(CS(=O)(=O)N1CC(N3C(=O)[C@H]4CC=CC[C@@H]4C3=O)C1)C(=O)C2. The zero-order valence-corrected chi connectivity index (χ0v) is 17.8. The molecule has 5 rings (SSSR count). The molecule has 158 valence electrons. The summed E-state index contributed by atoms with van der Waals surface area (Å²) in [5.41, 5.74) is -1.09. The van der Waals surface area contributed by atoms with Crippen molar-refractivity contribution < 1.29 is 22.8 Å². The topological polar surface area (TPSA) is 91.8 Å². The van der Waals surface area contributed by atoms with Crippen LogP contribution >= 0.6 is 0 Å². The lowest BCUT2D eigenvalue weighted by molar-refractivity contribution is -0.145. The number of carbonyl (C=O) groups excluding carboxylic acids is 3. The number of likely N-dealkylation sites (tertiary alicyclic amines) is 1. The van der Waals surface area contributed by atoms with Gasteiger partial charge in [-0.15, -0.1) is 0 Å². The quantitative estimate of drug-likeness (QED) is 0.506. The molecule has 2 aliphatic heterocycles. The molecule has 3 aliphatic carbocycles. The van der Waals surface area contributed by atoms with Gasteiger partial charge in [0.2, 0.25) is 21.8 Å². The number of hydrogen-bond acceptors (Lipinski definition) is 5. The van der Waals surface area contributed by atoms with E-state index >= 15 is 0 Å². The van der Waals surface area contributed by atoms with E-state index in [4.69, 9.17) is 0 Å². The Labute approximate surface area is 171 Å². The molecule has 0 N–H and O–H groups in total. The normalized spacial score (nSPS) is 39.3. The molecule has 2 heterocycles. The number of allylic oxidation sites excluding steroid dienone is 2. The fourth-order valence-electron chi connectivity index (χ4n) is 6.50. The standard InChI is InChI=1S/C21H28N2O5S/c1-20(2)13-7-8-21(20,17(24)9-13)12-29(27,28)22-10-14(11-22)23-18(25)15-5-3-4-6-16(15)19(23)26/h3-4,13-16H,5-12H2,1-2H3/t13-,15-,16-,21+/m0/s1. The first-order valence-corrected chi connectivity index (χ1v) is 12.2. The monoisotopic (exact) mass is 420 g/mol. The van der Waals surface area contributed by atoms with Gasteiger partial charge in [-0.25, -0.2) is 8.42 Å². The molecule has 0 unspecified atom stereocenters. The average Bonchev–Trinajstić information content (AvgIpc) is 3.08. The van der Waals surface area contributed by atoms with E-state index in [9.17, 15) is 22.8 Å². The van der Waals surface area contributed by atoms with Gasteiger partial charge < -0.3 is 0 Å². The minimum Gasteiger partial charge on any atom is -0.299 e. The van der Waals surface area contributed by atoms with Crippen LogP contribution in [0, 0.1) is 28.6 Å². The summed E-state index contributed by atoms with van der Waals surface area (Å²) in [7, 11) is -3.63. The molecule has 0 aromatic carbocycles. The third-order valence-electron chi connectivity index (χ3n) is 8.70. The van der Waals surface area contributed by atoms with Crippen LogP contribution in [0.5, 0.6) is 0 Å². The second kappa shape index (κ2) is 6.00. The molecule has 8 heteroatoms. The van der Waals surface area contributed by atoms with E-state index in [0.29, 0.717) is 25.7 Å². The van der Waals surface area contributed by atoms with Crippen molar-refractivity contribution in [3.63, 3.8) is 0 Å². The van der Waals surface area contributed by atoms with Crippen LogP contribution in [0.25, 0.3) is 0 Å². The Hall–Kier alpha value is -1.54. The van der Waals surface area contributed by atoms with Crippen molar-refractivity contribution in [1.29, 1.82) is 0 Å². The minimum atomic E-state index is -3.63. The maximum absolute atomic E-state index is 13.1. The van der Waals surface area contributed by atoms with Crippen LogP contribution in [0.4, 0.5) is 0 Å². The lowest BCUT2D eigenvalue weighted by Gasteiger charge is -2.44. The van der Waals surface area contributed by atoms with E-state index in [-0.39, 0.29) is 65.7 Å². The maximum Gasteiger partial charge on any atom is 0.233 e. The van der Waals surface area contributed by atoms with Crippen molar-refractivity contribution in [3.05, 3.63) is 12.2 Å². The molecule has 0 aromatic rings. The van der Waals surface area contributed by atoms with Crippen molar-refractivity contribution in [1.82, 2.24) is 9.21 Å². The zero-order valence-electron chi connectivity index (χ0n) is 17.0. The minimum absolute atomic E-state index is 0.0841. The third-order valence-corrected chi connectivity index (χ3v) is 10.6. The Kier molecular flexibility index (Phi) is 4.02. The van der Waals surface area contributed by atoms with Crippen molar-refractivity contribution in [2.45, 2.75) is 52.0 Å². The van der Waals surface area contributed by atoms with Crippen molar-refractivity contribution in [2.24, 2.45) is 28.6 Å². The van der Waals surface area contributed by atoms with Crippen LogP contribution in [0.3, 0.4) is 0 Å². The van der Waals surface area contributed by atoms with E-state index in [1.807, 2.05) is 26.0 Å². The highest BCUT2D eigenvalue weighted by molar-refractivity contribution is 7.89. The highest BCUT2D eigenvalue weighted by atomic mass is 32.2. The number of hydrogen-bond donors (Lipinski definition) is 0. The first-order chi connectivity index (χ1) is 13.6. The molecule has 4 atom stereocenters. The summed E-state index contributed by atoms with van der Waals surface area (Å²) in [6.07, 6.45) is 7.09. The summed E-state index contributed by atoms with van der Waals surface area (Å²) < 4.78 is 27.6. The van der Waals surface area contributed by atoms with Gasteiger partial charge in [-0.1, -0.05) is 26.0 Å². The molecule has 0 aromatic heterocycles. The molecule has 2 bridgehead atoms. The van der Waals surface area contributed by atoms with Gasteiger partial charge in [0.05, 0.1) is 23.6 Å². The molecule has 0 radical (unpaired) electrons.